The molecule has 262 valence electrons. The molecular formula is C51H30BN5. The van der Waals surface area contributed by atoms with E-state index in [0.717, 1.165) is 66.2 Å². The molecule has 11 rings (SSSR count). The first-order valence-electron chi connectivity index (χ1n) is 19.2. The molecule has 2 atom stereocenters. The second kappa shape index (κ2) is 12.6. The Labute approximate surface area is 330 Å². The smallest absolute Gasteiger partial charge is 0.246 e. The molecule has 0 spiro atoms. The van der Waals surface area contributed by atoms with Gasteiger partial charge in [-0.25, -0.2) is 0 Å². The summed E-state index contributed by atoms with van der Waals surface area (Å²) in [5, 5.41) is 37.1. The second-order valence-electron chi connectivity index (χ2n) is 14.8. The van der Waals surface area contributed by atoms with Crippen molar-refractivity contribution in [3.8, 4) is 46.1 Å². The van der Waals surface area contributed by atoms with Crippen LogP contribution in [-0.2, 0) is 0 Å². The number of aromatic nitrogens is 1. The molecule has 7 aromatic carbocycles. The Kier molecular flexibility index (Phi) is 7.21. The SMILES string of the molecule is N#Cc1c(B2c3ccccc3-c3ccccc3-c3ccccc32)c(C#N)c(-n2c3ccccc3c3ccccc32)c(C#N)c1N1c2ccccc2C2C=CC=CC21. The van der Waals surface area contributed by atoms with Crippen LogP contribution in [-0.4, -0.2) is 17.3 Å². The Morgan fingerprint density at radius 1 is 0.474 bits per heavy atom. The van der Waals surface area contributed by atoms with Crippen molar-refractivity contribution < 1.29 is 0 Å². The van der Waals surface area contributed by atoms with Gasteiger partial charge in [0.1, 0.15) is 23.8 Å². The van der Waals surface area contributed by atoms with Gasteiger partial charge in [0.05, 0.1) is 39.6 Å². The van der Waals surface area contributed by atoms with Crippen molar-refractivity contribution in [1.29, 1.82) is 15.8 Å². The van der Waals surface area contributed by atoms with Gasteiger partial charge in [-0.2, -0.15) is 15.8 Å². The topological polar surface area (TPSA) is 79.5 Å². The summed E-state index contributed by atoms with van der Waals surface area (Å²) < 4.78 is 2.09. The van der Waals surface area contributed by atoms with E-state index in [1.54, 1.807) is 0 Å². The van der Waals surface area contributed by atoms with Gasteiger partial charge in [0.15, 0.2) is 0 Å². The van der Waals surface area contributed by atoms with E-state index in [-0.39, 0.29) is 17.5 Å². The molecule has 2 unspecified atom stereocenters. The molecule has 6 heteroatoms. The van der Waals surface area contributed by atoms with Crippen molar-refractivity contribution >= 4 is 56.3 Å². The predicted molar refractivity (Wildman–Crippen MR) is 230 cm³/mol. The average molecular weight is 724 g/mol. The third-order valence-electron chi connectivity index (χ3n) is 12.2. The van der Waals surface area contributed by atoms with Crippen LogP contribution < -0.4 is 21.3 Å². The monoisotopic (exact) mass is 723 g/mol. The lowest BCUT2D eigenvalue weighted by Gasteiger charge is -2.33. The predicted octanol–water partition coefficient (Wildman–Crippen LogP) is 9.29. The third kappa shape index (κ3) is 4.49. The van der Waals surface area contributed by atoms with Gasteiger partial charge in [0.2, 0.25) is 6.71 Å². The van der Waals surface area contributed by atoms with E-state index >= 15 is 0 Å². The molecule has 0 N–H and O–H groups in total. The Morgan fingerprint density at radius 3 is 1.58 bits per heavy atom. The van der Waals surface area contributed by atoms with Crippen LogP contribution in [0.25, 0.3) is 49.7 Å². The number of anilines is 2. The Morgan fingerprint density at radius 2 is 0.965 bits per heavy atom. The van der Waals surface area contributed by atoms with Crippen LogP contribution in [0.4, 0.5) is 11.4 Å². The first-order valence-corrected chi connectivity index (χ1v) is 19.2. The summed E-state index contributed by atoms with van der Waals surface area (Å²) >= 11 is 0. The van der Waals surface area contributed by atoms with Crippen LogP contribution in [0.1, 0.15) is 28.2 Å². The lowest BCUT2D eigenvalue weighted by atomic mass is 9.34. The van der Waals surface area contributed by atoms with Crippen LogP contribution in [0.15, 0.2) is 170 Å². The van der Waals surface area contributed by atoms with Crippen LogP contribution in [0.2, 0.25) is 0 Å². The van der Waals surface area contributed by atoms with Gasteiger partial charge in [-0.3, -0.25) is 0 Å². The summed E-state index contributed by atoms with van der Waals surface area (Å²) in [7, 11) is 0. The first kappa shape index (κ1) is 32.6. The second-order valence-corrected chi connectivity index (χ2v) is 14.8. The molecule has 0 bridgehead atoms. The lowest BCUT2D eigenvalue weighted by Crippen LogP contribution is -2.55. The largest absolute Gasteiger partial charge is 0.331 e. The number of para-hydroxylation sites is 3. The number of hydrogen-bond donors (Lipinski definition) is 0. The maximum absolute atomic E-state index is 11.7. The van der Waals surface area contributed by atoms with Crippen LogP contribution in [0.5, 0.6) is 0 Å². The molecule has 1 aliphatic carbocycles. The molecule has 0 amide bonds. The van der Waals surface area contributed by atoms with E-state index < -0.39 is 6.71 Å². The fraction of sp³-hybridized carbons (Fsp3) is 0.0392. The molecule has 57 heavy (non-hydrogen) atoms. The van der Waals surface area contributed by atoms with Crippen molar-refractivity contribution in [2.24, 2.45) is 0 Å². The van der Waals surface area contributed by atoms with Crippen molar-refractivity contribution in [3.63, 3.8) is 0 Å². The highest BCUT2D eigenvalue weighted by Crippen LogP contribution is 2.51. The van der Waals surface area contributed by atoms with Gasteiger partial charge < -0.3 is 9.47 Å². The fourth-order valence-electron chi connectivity index (χ4n) is 9.96. The van der Waals surface area contributed by atoms with E-state index in [1.165, 1.54) is 0 Å². The number of allylic oxidation sites excluding steroid dienone is 2. The van der Waals surface area contributed by atoms with Gasteiger partial charge in [0.25, 0.3) is 0 Å². The average Bonchev–Trinajstić information content (AvgIpc) is 3.75. The lowest BCUT2D eigenvalue weighted by molar-refractivity contribution is 0.743. The summed E-state index contributed by atoms with van der Waals surface area (Å²) in [6.45, 7) is -0.539. The number of hydrogen-bond acceptors (Lipinski definition) is 4. The zero-order chi connectivity index (χ0) is 38.2. The maximum Gasteiger partial charge on any atom is 0.246 e. The highest BCUT2D eigenvalue weighted by atomic mass is 15.2. The minimum atomic E-state index is -0.539. The standard InChI is InChI=1S/C51H30BN5/c53-29-40-49(52-43-23-9-3-17-34(43)32-15-1-2-16-33(32)35-18-4-10-24-44(35)52)41(30-54)51(57-47-27-13-7-21-38(47)39-22-8-14-28-48(39)57)42(31-55)50(40)56-45-25-11-5-19-36(45)37-20-6-12-26-46(37)56/h1-28,36,45H. The summed E-state index contributed by atoms with van der Waals surface area (Å²) in [6, 6.07) is 57.5. The molecule has 3 aliphatic rings. The molecule has 5 nitrogen and oxygen atoms in total. The van der Waals surface area contributed by atoms with Gasteiger partial charge in [-0.05, 0) is 51.5 Å². The summed E-state index contributed by atoms with van der Waals surface area (Å²) in [4.78, 5) is 2.20. The highest BCUT2D eigenvalue weighted by Gasteiger charge is 2.44. The van der Waals surface area contributed by atoms with E-state index in [0.29, 0.717) is 28.0 Å². The Bertz CT molecular complexity index is 3100. The summed E-state index contributed by atoms with van der Waals surface area (Å²) in [5.41, 5.74) is 12.6. The van der Waals surface area contributed by atoms with Crippen molar-refractivity contribution in [3.05, 3.63) is 192 Å². The minimum absolute atomic E-state index is 0.00824. The highest BCUT2D eigenvalue weighted by molar-refractivity contribution is 6.98. The van der Waals surface area contributed by atoms with E-state index in [2.05, 4.69) is 143 Å². The van der Waals surface area contributed by atoms with Crippen LogP contribution in [0.3, 0.4) is 0 Å². The van der Waals surface area contributed by atoms with Gasteiger partial charge in [0, 0.05) is 22.4 Å². The molecular weight excluding hydrogens is 693 g/mol. The number of rotatable bonds is 3. The molecule has 2 aliphatic heterocycles. The Balaban J connectivity index is 1.37. The first-order chi connectivity index (χ1) is 28.2. The minimum Gasteiger partial charge on any atom is -0.331 e. The molecule has 0 fully saturated rings. The van der Waals surface area contributed by atoms with Gasteiger partial charge in [-0.1, -0.05) is 163 Å². The van der Waals surface area contributed by atoms with Crippen LogP contribution >= 0.6 is 0 Å². The van der Waals surface area contributed by atoms with Gasteiger partial charge in [-0.15, -0.1) is 0 Å². The van der Waals surface area contributed by atoms with E-state index in [1.807, 2.05) is 54.6 Å². The number of nitrogens with zero attached hydrogens (tertiary/aromatic N) is 5. The van der Waals surface area contributed by atoms with Crippen molar-refractivity contribution in [2.75, 3.05) is 4.90 Å². The third-order valence-corrected chi connectivity index (χ3v) is 12.2. The number of benzene rings is 7. The summed E-state index contributed by atoms with van der Waals surface area (Å²) in [5.74, 6) is 0.00824. The van der Waals surface area contributed by atoms with Crippen molar-refractivity contribution in [2.45, 2.75) is 12.0 Å². The molecule has 0 saturated heterocycles. The van der Waals surface area contributed by atoms with E-state index in [9.17, 15) is 15.8 Å². The summed E-state index contributed by atoms with van der Waals surface area (Å²) in [6.07, 6.45) is 8.49. The fourth-order valence-corrected chi connectivity index (χ4v) is 9.96. The Hall–Kier alpha value is -7.85. The normalized spacial score (nSPS) is 15.8. The van der Waals surface area contributed by atoms with Crippen LogP contribution in [0, 0.1) is 34.0 Å². The van der Waals surface area contributed by atoms with Crippen molar-refractivity contribution in [1.82, 2.24) is 4.57 Å². The zero-order valence-electron chi connectivity index (χ0n) is 30.6. The maximum atomic E-state index is 11.7. The molecule has 0 radical (unpaired) electrons. The molecule has 8 aromatic rings. The molecule has 3 heterocycles. The zero-order valence-corrected chi connectivity index (χ0v) is 30.6. The van der Waals surface area contributed by atoms with E-state index in [4.69, 9.17) is 0 Å². The van der Waals surface area contributed by atoms with Gasteiger partial charge >= 0.3 is 0 Å². The number of nitriles is 3. The molecule has 0 saturated carbocycles. The molecule has 1 aromatic heterocycles. The quantitative estimate of drug-likeness (QED) is 0.170. The number of fused-ring (bicyclic) bond motifs is 11.